The van der Waals surface area contributed by atoms with Crippen LogP contribution in [0.2, 0.25) is 0 Å². The van der Waals surface area contributed by atoms with Crippen LogP contribution < -0.4 is 10.6 Å². The first-order valence-electron chi connectivity index (χ1n) is 7.48. The third kappa shape index (κ3) is 4.74. The zero-order chi connectivity index (χ0) is 17.6. The van der Waals surface area contributed by atoms with Crippen molar-refractivity contribution in [3.05, 3.63) is 10.6 Å². The molecule has 23 heavy (non-hydrogen) atoms. The van der Waals surface area contributed by atoms with Crippen LogP contribution >= 0.6 is 11.8 Å². The third-order valence-electron chi connectivity index (χ3n) is 3.72. The Hall–Kier alpha value is -1.99. The smallest absolute Gasteiger partial charge is 0.243 e. The maximum Gasteiger partial charge on any atom is 0.243 e. The first kappa shape index (κ1) is 19.1. The predicted octanol–water partition coefficient (Wildman–Crippen LogP) is 1.91. The van der Waals surface area contributed by atoms with Crippen LogP contribution in [0.15, 0.2) is 10.6 Å². The molecule has 0 spiro atoms. The summed E-state index contributed by atoms with van der Waals surface area (Å²) in [6.07, 6.45) is 0.899. The molecule has 0 unspecified atom stereocenters. The molecule has 2 amide bonds. The summed E-state index contributed by atoms with van der Waals surface area (Å²) >= 11 is 1.12. The van der Waals surface area contributed by atoms with E-state index >= 15 is 0 Å². The minimum atomic E-state index is -0.915. The molecule has 0 aromatic rings. The van der Waals surface area contributed by atoms with Gasteiger partial charge in [-0.25, -0.2) is 0 Å². The van der Waals surface area contributed by atoms with Gasteiger partial charge < -0.3 is 10.6 Å². The first-order chi connectivity index (χ1) is 10.7. The van der Waals surface area contributed by atoms with Crippen molar-refractivity contribution in [1.82, 2.24) is 10.6 Å². The van der Waals surface area contributed by atoms with Gasteiger partial charge in [0, 0.05) is 12.0 Å². The van der Waals surface area contributed by atoms with Gasteiger partial charge in [0.15, 0.2) is 0 Å². The first-order valence-corrected chi connectivity index (χ1v) is 8.47. The van der Waals surface area contributed by atoms with Crippen molar-refractivity contribution in [3.8, 4) is 12.1 Å². The Morgan fingerprint density at radius 3 is 2.61 bits per heavy atom. The zero-order valence-corrected chi connectivity index (χ0v) is 14.7. The fourth-order valence-corrected chi connectivity index (χ4v) is 3.23. The SMILES string of the molecule is CC(C)CCNC(=O)CSC1=C(C#N)C(C)(C)[C@H](C#N)C(=O)N1. The van der Waals surface area contributed by atoms with Crippen LogP contribution in [0.4, 0.5) is 0 Å². The van der Waals surface area contributed by atoms with Crippen LogP contribution in [0, 0.1) is 39.9 Å². The molecule has 0 bridgehead atoms. The highest BCUT2D eigenvalue weighted by Crippen LogP contribution is 2.41. The molecular weight excluding hydrogens is 312 g/mol. The van der Waals surface area contributed by atoms with Gasteiger partial charge >= 0.3 is 0 Å². The van der Waals surface area contributed by atoms with Gasteiger partial charge in [-0.3, -0.25) is 9.59 Å². The second-order valence-electron chi connectivity index (χ2n) is 6.41. The van der Waals surface area contributed by atoms with E-state index in [1.165, 1.54) is 0 Å². The van der Waals surface area contributed by atoms with Crippen molar-refractivity contribution >= 4 is 23.6 Å². The van der Waals surface area contributed by atoms with Gasteiger partial charge in [0.25, 0.3) is 0 Å². The molecule has 0 fully saturated rings. The van der Waals surface area contributed by atoms with E-state index in [1.807, 2.05) is 6.07 Å². The van der Waals surface area contributed by atoms with Crippen LogP contribution in [0.3, 0.4) is 0 Å². The van der Waals surface area contributed by atoms with Crippen molar-refractivity contribution in [3.63, 3.8) is 0 Å². The van der Waals surface area contributed by atoms with Crippen LogP contribution in [-0.2, 0) is 9.59 Å². The van der Waals surface area contributed by atoms with Gasteiger partial charge in [-0.05, 0) is 12.3 Å². The number of nitrogens with one attached hydrogen (secondary N) is 2. The van der Waals surface area contributed by atoms with E-state index < -0.39 is 17.2 Å². The number of thioether (sulfide) groups is 1. The zero-order valence-electron chi connectivity index (χ0n) is 13.9. The lowest BCUT2D eigenvalue weighted by molar-refractivity contribution is -0.125. The lowest BCUT2D eigenvalue weighted by Gasteiger charge is -2.34. The lowest BCUT2D eigenvalue weighted by atomic mass is 9.72. The highest BCUT2D eigenvalue weighted by atomic mass is 32.2. The maximum absolute atomic E-state index is 12.0. The number of hydrogen-bond acceptors (Lipinski definition) is 5. The Morgan fingerprint density at radius 1 is 1.43 bits per heavy atom. The van der Waals surface area contributed by atoms with Gasteiger partial charge in [0.1, 0.15) is 5.92 Å². The molecule has 0 saturated heterocycles. The lowest BCUT2D eigenvalue weighted by Crippen LogP contribution is -2.44. The van der Waals surface area contributed by atoms with Crippen molar-refractivity contribution in [2.75, 3.05) is 12.3 Å². The molecular formula is C16H22N4O2S. The molecule has 1 aliphatic heterocycles. The van der Waals surface area contributed by atoms with Crippen molar-refractivity contribution in [2.24, 2.45) is 17.3 Å². The van der Waals surface area contributed by atoms with Gasteiger partial charge in [-0.2, -0.15) is 10.5 Å². The Morgan fingerprint density at radius 2 is 2.09 bits per heavy atom. The number of carbonyl (C=O) groups excluding carboxylic acids is 2. The summed E-state index contributed by atoms with van der Waals surface area (Å²) in [5.41, 5.74) is -0.536. The van der Waals surface area contributed by atoms with E-state index in [-0.39, 0.29) is 11.7 Å². The molecule has 0 aromatic heterocycles. The highest BCUT2D eigenvalue weighted by Gasteiger charge is 2.44. The molecule has 0 saturated carbocycles. The minimum absolute atomic E-state index is 0.117. The van der Waals surface area contributed by atoms with E-state index in [4.69, 9.17) is 5.26 Å². The van der Waals surface area contributed by atoms with E-state index in [1.54, 1.807) is 13.8 Å². The van der Waals surface area contributed by atoms with Crippen molar-refractivity contribution < 1.29 is 9.59 Å². The van der Waals surface area contributed by atoms with Crippen LogP contribution in [-0.4, -0.2) is 24.1 Å². The molecule has 0 aromatic carbocycles. The summed E-state index contributed by atoms with van der Waals surface area (Å²) in [7, 11) is 0. The second-order valence-corrected chi connectivity index (χ2v) is 7.40. The van der Waals surface area contributed by atoms with Crippen molar-refractivity contribution in [2.45, 2.75) is 34.1 Å². The Kier molecular flexibility index (Phi) is 6.65. The summed E-state index contributed by atoms with van der Waals surface area (Å²) in [5.74, 6) is -0.862. The average Bonchev–Trinajstić information content (AvgIpc) is 2.44. The normalized spacial score (nSPS) is 19.8. The molecule has 1 atom stereocenters. The van der Waals surface area contributed by atoms with Gasteiger partial charge in [0.2, 0.25) is 11.8 Å². The topological polar surface area (TPSA) is 106 Å². The molecule has 124 valence electrons. The van der Waals surface area contributed by atoms with E-state index in [0.717, 1.165) is 18.2 Å². The number of rotatable bonds is 6. The third-order valence-corrected chi connectivity index (χ3v) is 4.73. The molecule has 6 nitrogen and oxygen atoms in total. The number of allylic oxidation sites excluding steroid dienone is 1. The van der Waals surface area contributed by atoms with Crippen LogP contribution in [0.1, 0.15) is 34.1 Å². The molecule has 0 aliphatic carbocycles. The summed E-state index contributed by atoms with van der Waals surface area (Å²) in [4.78, 5) is 23.8. The molecule has 7 heteroatoms. The summed E-state index contributed by atoms with van der Waals surface area (Å²) in [6.45, 7) is 8.16. The van der Waals surface area contributed by atoms with Crippen LogP contribution in [0.25, 0.3) is 0 Å². The number of nitriles is 2. The van der Waals surface area contributed by atoms with Crippen molar-refractivity contribution in [1.29, 1.82) is 10.5 Å². The molecule has 1 aliphatic rings. The van der Waals surface area contributed by atoms with Gasteiger partial charge in [-0.1, -0.05) is 39.5 Å². The quantitative estimate of drug-likeness (QED) is 0.772. The second kappa shape index (κ2) is 8.03. The molecule has 1 heterocycles. The fraction of sp³-hybridized carbons (Fsp3) is 0.625. The largest absolute Gasteiger partial charge is 0.355 e. The monoisotopic (exact) mass is 334 g/mol. The Bertz CT molecular complexity index is 596. The number of nitrogens with zero attached hydrogens (tertiary/aromatic N) is 2. The Balaban J connectivity index is 2.77. The van der Waals surface area contributed by atoms with E-state index in [0.29, 0.717) is 23.1 Å². The number of carbonyl (C=O) groups is 2. The highest BCUT2D eigenvalue weighted by molar-refractivity contribution is 8.03. The predicted molar refractivity (Wildman–Crippen MR) is 88.6 cm³/mol. The number of amides is 2. The fourth-order valence-electron chi connectivity index (χ4n) is 2.22. The minimum Gasteiger partial charge on any atom is -0.355 e. The van der Waals surface area contributed by atoms with Gasteiger partial charge in [0.05, 0.1) is 28.5 Å². The van der Waals surface area contributed by atoms with E-state index in [2.05, 4.69) is 30.6 Å². The number of hydrogen-bond donors (Lipinski definition) is 2. The molecule has 1 rings (SSSR count). The standard InChI is InChI=1S/C16H22N4O2S/c1-10(2)5-6-19-13(21)9-23-15-12(8-18)16(3,4)11(7-17)14(22)20-15/h10-11H,5-6,9H2,1-4H3,(H,19,21)(H,20,22)/t11-/m1/s1. The summed E-state index contributed by atoms with van der Waals surface area (Å²) in [6, 6.07) is 4.02. The van der Waals surface area contributed by atoms with Crippen LogP contribution in [0.5, 0.6) is 0 Å². The van der Waals surface area contributed by atoms with Gasteiger partial charge in [-0.15, -0.1) is 0 Å². The van der Waals surface area contributed by atoms with E-state index in [9.17, 15) is 14.9 Å². The average molecular weight is 334 g/mol. The molecule has 2 N–H and O–H groups in total. The molecule has 0 radical (unpaired) electrons. The summed E-state index contributed by atoms with van der Waals surface area (Å²) in [5, 5.41) is 24.3. The Labute approximate surface area is 141 Å². The summed E-state index contributed by atoms with van der Waals surface area (Å²) < 4.78 is 0. The maximum atomic E-state index is 12.0.